The van der Waals surface area contributed by atoms with Gasteiger partial charge in [-0.15, -0.1) is 10.2 Å². The molecule has 1 heterocycles. The number of nitrogens with one attached hydrogen (secondary N) is 1. The number of hydrogen-bond donors (Lipinski definition) is 1. The Hall–Kier alpha value is -3.23. The van der Waals surface area contributed by atoms with Crippen molar-refractivity contribution in [1.29, 1.82) is 0 Å². The van der Waals surface area contributed by atoms with E-state index in [1.807, 2.05) is 66.1 Å². The highest BCUT2D eigenvalue weighted by Crippen LogP contribution is 2.30. The van der Waals surface area contributed by atoms with Gasteiger partial charge in [0.25, 0.3) is 5.91 Å². The Labute approximate surface area is 224 Å². The zero-order valence-electron chi connectivity index (χ0n) is 20.7. The van der Waals surface area contributed by atoms with Gasteiger partial charge < -0.3 is 0 Å². The highest BCUT2D eigenvalue weighted by molar-refractivity contribution is 9.10. The number of carbonyl (C=O) groups is 1. The largest absolute Gasteiger partial charge is 0.272 e. The minimum absolute atomic E-state index is 0.0673. The Kier molecular flexibility index (Phi) is 8.06. The molecule has 36 heavy (non-hydrogen) atoms. The molecule has 4 rings (SSSR count). The fourth-order valence-corrected chi connectivity index (χ4v) is 4.71. The Morgan fingerprint density at radius 3 is 2.39 bits per heavy atom. The maximum absolute atomic E-state index is 12.6. The quantitative estimate of drug-likeness (QED) is 0.156. The minimum Gasteiger partial charge on any atom is -0.272 e. The van der Waals surface area contributed by atoms with Crippen LogP contribution in [0.3, 0.4) is 0 Å². The summed E-state index contributed by atoms with van der Waals surface area (Å²) in [6.07, 6.45) is 0. The van der Waals surface area contributed by atoms with Crippen molar-refractivity contribution in [2.24, 2.45) is 5.10 Å². The summed E-state index contributed by atoms with van der Waals surface area (Å²) >= 11 is 4.78. The van der Waals surface area contributed by atoms with E-state index >= 15 is 0 Å². The van der Waals surface area contributed by atoms with Gasteiger partial charge in [0.15, 0.2) is 11.0 Å². The van der Waals surface area contributed by atoms with Crippen molar-refractivity contribution in [3.8, 4) is 17.1 Å². The molecule has 0 saturated heterocycles. The molecule has 4 aromatic rings. The number of carbonyl (C=O) groups excluding carboxylic acids is 1. The average Bonchev–Trinajstić information content (AvgIpc) is 3.30. The number of hydrogen-bond acceptors (Lipinski definition) is 5. The highest BCUT2D eigenvalue weighted by Gasteiger charge is 2.19. The second kappa shape index (κ2) is 11.2. The fourth-order valence-electron chi connectivity index (χ4n) is 3.57. The zero-order valence-corrected chi connectivity index (χ0v) is 23.1. The first-order valence-electron chi connectivity index (χ1n) is 11.6. The van der Waals surface area contributed by atoms with Gasteiger partial charge in [0, 0.05) is 15.7 Å². The molecule has 1 N–H and O–H groups in total. The molecule has 0 aliphatic heterocycles. The van der Waals surface area contributed by atoms with Crippen LogP contribution in [0.15, 0.2) is 93.6 Å². The molecule has 0 aliphatic carbocycles. The summed E-state index contributed by atoms with van der Waals surface area (Å²) in [4.78, 5) is 12.6. The number of rotatable bonds is 7. The number of nitrogens with zero attached hydrogens (tertiary/aromatic N) is 4. The Morgan fingerprint density at radius 2 is 1.72 bits per heavy atom. The van der Waals surface area contributed by atoms with Crippen molar-refractivity contribution in [2.45, 2.75) is 38.3 Å². The highest BCUT2D eigenvalue weighted by atomic mass is 79.9. The van der Waals surface area contributed by atoms with Crippen LogP contribution in [0.2, 0.25) is 0 Å². The number of thioether (sulfide) groups is 1. The SMILES string of the molecule is C/C(=N/NC(=O)CSc1nnc(-c2ccc(C(C)(C)C)cc2)n1-c1ccccc1)c1cccc(Br)c1. The molecule has 0 saturated carbocycles. The molecule has 1 amide bonds. The number of hydrazone groups is 1. The van der Waals surface area contributed by atoms with Gasteiger partial charge in [0.05, 0.1) is 11.5 Å². The molecule has 1 aromatic heterocycles. The van der Waals surface area contributed by atoms with Gasteiger partial charge in [0.1, 0.15) is 0 Å². The standard InChI is InChI=1S/C28H28BrN5OS/c1-19(21-9-8-10-23(29)17-21)30-31-25(35)18-36-27-33-32-26(34(27)24-11-6-5-7-12-24)20-13-15-22(16-14-20)28(2,3)4/h5-17H,18H2,1-4H3,(H,31,35)/b30-19-. The van der Waals surface area contributed by atoms with Crippen molar-refractivity contribution in [2.75, 3.05) is 5.75 Å². The molecular weight excluding hydrogens is 534 g/mol. The maximum atomic E-state index is 12.6. The summed E-state index contributed by atoms with van der Waals surface area (Å²) in [6.45, 7) is 8.44. The van der Waals surface area contributed by atoms with E-state index < -0.39 is 0 Å². The van der Waals surface area contributed by atoms with Gasteiger partial charge in [-0.2, -0.15) is 5.10 Å². The van der Waals surface area contributed by atoms with Gasteiger partial charge in [-0.1, -0.05) is 103 Å². The lowest BCUT2D eigenvalue weighted by Gasteiger charge is -2.19. The van der Waals surface area contributed by atoms with Crippen LogP contribution in [0.4, 0.5) is 0 Å². The van der Waals surface area contributed by atoms with Crippen molar-refractivity contribution >= 4 is 39.3 Å². The molecule has 6 nitrogen and oxygen atoms in total. The predicted molar refractivity (Wildman–Crippen MR) is 151 cm³/mol. The van der Waals surface area contributed by atoms with Gasteiger partial charge in [-0.05, 0) is 47.7 Å². The van der Waals surface area contributed by atoms with Crippen LogP contribution < -0.4 is 5.43 Å². The Bertz CT molecular complexity index is 1380. The molecule has 0 bridgehead atoms. The number of amides is 1. The van der Waals surface area contributed by atoms with Crippen LogP contribution in [0.5, 0.6) is 0 Å². The first kappa shape index (κ1) is 25.9. The molecule has 3 aromatic carbocycles. The summed E-state index contributed by atoms with van der Waals surface area (Å²) in [6, 6.07) is 26.1. The monoisotopic (exact) mass is 561 g/mol. The molecule has 184 valence electrons. The van der Waals surface area contributed by atoms with Gasteiger partial charge in [0.2, 0.25) is 0 Å². The Morgan fingerprint density at radius 1 is 1.00 bits per heavy atom. The molecule has 0 atom stereocenters. The molecule has 8 heteroatoms. The normalized spacial score (nSPS) is 12.0. The summed E-state index contributed by atoms with van der Waals surface area (Å²) in [5, 5.41) is 13.8. The molecule has 0 aliphatic rings. The van der Waals surface area contributed by atoms with Crippen molar-refractivity contribution in [1.82, 2.24) is 20.2 Å². The molecular formula is C28H28BrN5OS. The third kappa shape index (κ3) is 6.30. The van der Waals surface area contributed by atoms with Crippen LogP contribution in [0.25, 0.3) is 17.1 Å². The summed E-state index contributed by atoms with van der Waals surface area (Å²) < 4.78 is 2.94. The molecule has 0 unspecified atom stereocenters. The first-order valence-corrected chi connectivity index (χ1v) is 13.3. The topological polar surface area (TPSA) is 72.2 Å². The predicted octanol–water partition coefficient (Wildman–Crippen LogP) is 6.63. The van der Waals surface area contributed by atoms with E-state index in [0.717, 1.165) is 32.8 Å². The lowest BCUT2D eigenvalue weighted by atomic mass is 9.87. The summed E-state index contributed by atoms with van der Waals surface area (Å²) in [5.41, 5.74) is 7.52. The van der Waals surface area contributed by atoms with E-state index in [-0.39, 0.29) is 17.1 Å². The van der Waals surface area contributed by atoms with E-state index in [2.05, 4.69) is 81.7 Å². The second-order valence-electron chi connectivity index (χ2n) is 9.34. The number of para-hydroxylation sites is 1. The van der Waals surface area contributed by atoms with E-state index in [0.29, 0.717) is 5.16 Å². The smallest absolute Gasteiger partial charge is 0.250 e. The van der Waals surface area contributed by atoms with Crippen molar-refractivity contribution < 1.29 is 4.79 Å². The summed E-state index contributed by atoms with van der Waals surface area (Å²) in [5.74, 6) is 0.671. The second-order valence-corrected chi connectivity index (χ2v) is 11.2. The molecule has 0 radical (unpaired) electrons. The summed E-state index contributed by atoms with van der Waals surface area (Å²) in [7, 11) is 0. The Balaban J connectivity index is 1.53. The minimum atomic E-state index is -0.215. The third-order valence-corrected chi connectivity index (χ3v) is 7.00. The molecule has 0 fully saturated rings. The molecule has 0 spiro atoms. The maximum Gasteiger partial charge on any atom is 0.250 e. The first-order chi connectivity index (χ1) is 17.2. The average molecular weight is 563 g/mol. The van der Waals surface area contributed by atoms with E-state index in [9.17, 15) is 4.79 Å². The third-order valence-electron chi connectivity index (χ3n) is 5.58. The lowest BCUT2D eigenvalue weighted by Crippen LogP contribution is -2.21. The van der Waals surface area contributed by atoms with Crippen LogP contribution >= 0.6 is 27.7 Å². The van der Waals surface area contributed by atoms with Gasteiger partial charge in [-0.25, -0.2) is 5.43 Å². The van der Waals surface area contributed by atoms with Crippen molar-refractivity contribution in [3.05, 3.63) is 94.5 Å². The number of benzene rings is 3. The zero-order chi connectivity index (χ0) is 25.7. The van der Waals surface area contributed by atoms with E-state index in [1.54, 1.807) is 0 Å². The van der Waals surface area contributed by atoms with Crippen LogP contribution in [-0.4, -0.2) is 32.1 Å². The van der Waals surface area contributed by atoms with Crippen LogP contribution in [0.1, 0.15) is 38.8 Å². The van der Waals surface area contributed by atoms with E-state index in [1.165, 1.54) is 17.3 Å². The number of aromatic nitrogens is 3. The van der Waals surface area contributed by atoms with Crippen molar-refractivity contribution in [3.63, 3.8) is 0 Å². The van der Waals surface area contributed by atoms with Gasteiger partial charge in [-0.3, -0.25) is 9.36 Å². The lowest BCUT2D eigenvalue weighted by molar-refractivity contribution is -0.118. The number of halogens is 1. The van der Waals surface area contributed by atoms with Crippen LogP contribution in [-0.2, 0) is 10.2 Å². The van der Waals surface area contributed by atoms with Gasteiger partial charge >= 0.3 is 0 Å². The van der Waals surface area contributed by atoms with Crippen LogP contribution in [0, 0.1) is 0 Å². The van der Waals surface area contributed by atoms with E-state index in [4.69, 9.17) is 0 Å². The fraction of sp³-hybridized carbons (Fsp3) is 0.214.